The molecule has 0 radical (unpaired) electrons. The first-order chi connectivity index (χ1) is 13.4. The molecule has 0 aliphatic heterocycles. The fourth-order valence-electron chi connectivity index (χ4n) is 2.71. The molecule has 3 rings (SSSR count). The second kappa shape index (κ2) is 8.89. The number of halogens is 1. The predicted octanol–water partition coefficient (Wildman–Crippen LogP) is 4.29. The van der Waals surface area contributed by atoms with E-state index in [-0.39, 0.29) is 30.3 Å². The van der Waals surface area contributed by atoms with Gasteiger partial charge in [-0.25, -0.2) is 13.4 Å². The van der Waals surface area contributed by atoms with Crippen molar-refractivity contribution in [3.8, 4) is 5.75 Å². The molecule has 6 nitrogen and oxygen atoms in total. The molecule has 0 bridgehead atoms. The number of carbonyl (C=O) groups is 1. The van der Waals surface area contributed by atoms with Gasteiger partial charge in [-0.1, -0.05) is 53.3 Å². The number of nitrogens with zero attached hydrogens (tertiary/aromatic N) is 1. The van der Waals surface area contributed by atoms with E-state index in [1.54, 1.807) is 36.4 Å². The van der Waals surface area contributed by atoms with Gasteiger partial charge in [-0.15, -0.1) is 0 Å². The van der Waals surface area contributed by atoms with Gasteiger partial charge in [0.1, 0.15) is 11.3 Å². The third-order valence-electron chi connectivity index (χ3n) is 4.01. The molecule has 0 atom stereocenters. The summed E-state index contributed by atoms with van der Waals surface area (Å²) in [5.74, 6) is 0.215. The zero-order chi connectivity index (χ0) is 20.1. The van der Waals surface area contributed by atoms with Gasteiger partial charge in [0.25, 0.3) is 0 Å². The fourth-order valence-corrected chi connectivity index (χ4v) is 5.31. The highest BCUT2D eigenvalue weighted by Gasteiger charge is 2.16. The molecule has 9 heteroatoms. The van der Waals surface area contributed by atoms with Crippen LogP contribution in [0.15, 0.2) is 42.5 Å². The average Bonchev–Trinajstić information content (AvgIpc) is 3.07. The van der Waals surface area contributed by atoms with Crippen molar-refractivity contribution in [1.82, 2.24) is 4.98 Å². The van der Waals surface area contributed by atoms with Gasteiger partial charge in [-0.2, -0.15) is 0 Å². The molecule has 1 heterocycles. The number of nitrogens with one attached hydrogen (secondary N) is 1. The molecule has 0 aliphatic rings. The molecule has 0 aliphatic carbocycles. The van der Waals surface area contributed by atoms with Gasteiger partial charge in [0.15, 0.2) is 15.0 Å². The second-order valence-corrected chi connectivity index (χ2v) is 9.77. The number of ether oxygens (including phenoxy) is 1. The topological polar surface area (TPSA) is 85.4 Å². The number of sulfone groups is 1. The maximum atomic E-state index is 12.2. The third kappa shape index (κ3) is 5.21. The first-order valence-corrected chi connectivity index (χ1v) is 11.6. The van der Waals surface area contributed by atoms with Crippen LogP contribution in [0.3, 0.4) is 0 Å². The van der Waals surface area contributed by atoms with Gasteiger partial charge < -0.3 is 10.1 Å². The van der Waals surface area contributed by atoms with Crippen molar-refractivity contribution >= 4 is 54.0 Å². The zero-order valence-corrected chi connectivity index (χ0v) is 17.5. The highest BCUT2D eigenvalue weighted by molar-refractivity contribution is 7.90. The zero-order valence-electron chi connectivity index (χ0n) is 15.1. The Morgan fingerprint density at radius 2 is 1.96 bits per heavy atom. The number of hydrogen-bond donors (Lipinski definition) is 1. The van der Waals surface area contributed by atoms with E-state index < -0.39 is 9.84 Å². The second-order valence-electron chi connectivity index (χ2n) is 6.18. The Morgan fingerprint density at radius 3 is 2.68 bits per heavy atom. The van der Waals surface area contributed by atoms with Crippen molar-refractivity contribution in [3.05, 3.63) is 53.1 Å². The summed E-state index contributed by atoms with van der Waals surface area (Å²) in [6.45, 7) is 0. The quantitative estimate of drug-likeness (QED) is 0.567. The summed E-state index contributed by atoms with van der Waals surface area (Å²) in [4.78, 5) is 16.5. The molecule has 3 aromatic rings. The molecule has 0 saturated carbocycles. The predicted molar refractivity (Wildman–Crippen MR) is 113 cm³/mol. The van der Waals surface area contributed by atoms with Crippen LogP contribution >= 0.6 is 22.9 Å². The summed E-state index contributed by atoms with van der Waals surface area (Å²) in [5, 5.41) is 3.64. The highest BCUT2D eigenvalue weighted by Crippen LogP contribution is 2.37. The van der Waals surface area contributed by atoms with E-state index >= 15 is 0 Å². The van der Waals surface area contributed by atoms with Crippen LogP contribution < -0.4 is 10.1 Å². The van der Waals surface area contributed by atoms with E-state index in [1.807, 2.05) is 6.07 Å². The number of rotatable bonds is 8. The number of carbonyl (C=O) groups excluding carboxylic acids is 1. The van der Waals surface area contributed by atoms with E-state index in [9.17, 15) is 13.2 Å². The van der Waals surface area contributed by atoms with Crippen LogP contribution in [0, 0.1) is 0 Å². The summed E-state index contributed by atoms with van der Waals surface area (Å²) in [6.07, 6.45) is 0.338. The van der Waals surface area contributed by atoms with Crippen LogP contribution in [-0.2, 0) is 20.4 Å². The number of anilines is 1. The Bertz CT molecular complexity index is 1080. The molecular weight excluding hydrogens is 420 g/mol. The van der Waals surface area contributed by atoms with Crippen LogP contribution in [0.5, 0.6) is 5.75 Å². The maximum Gasteiger partial charge on any atom is 0.226 e. The minimum atomic E-state index is -3.27. The van der Waals surface area contributed by atoms with Crippen LogP contribution in [0.1, 0.15) is 18.4 Å². The fraction of sp³-hybridized carbons (Fsp3) is 0.263. The van der Waals surface area contributed by atoms with Crippen LogP contribution in [0.2, 0.25) is 5.02 Å². The molecule has 0 unspecified atom stereocenters. The number of thiazole rings is 1. The van der Waals surface area contributed by atoms with Gasteiger partial charge in [-0.3, -0.25) is 4.79 Å². The normalized spacial score (nSPS) is 11.5. The van der Waals surface area contributed by atoms with Crippen molar-refractivity contribution in [2.75, 3.05) is 18.2 Å². The molecule has 1 amide bonds. The van der Waals surface area contributed by atoms with E-state index in [0.29, 0.717) is 21.4 Å². The maximum absolute atomic E-state index is 12.2. The lowest BCUT2D eigenvalue weighted by molar-refractivity contribution is -0.116. The summed E-state index contributed by atoms with van der Waals surface area (Å²) in [7, 11) is -1.73. The Kier molecular flexibility index (Phi) is 6.53. The number of aromatic nitrogens is 1. The number of fused-ring (bicyclic) bond motifs is 1. The molecule has 1 aromatic heterocycles. The first-order valence-electron chi connectivity index (χ1n) is 8.55. The Balaban J connectivity index is 1.56. The van der Waals surface area contributed by atoms with Gasteiger partial charge >= 0.3 is 0 Å². The number of benzene rings is 2. The number of methoxy groups -OCH3 is 1. The van der Waals surface area contributed by atoms with Gasteiger partial charge in [0.2, 0.25) is 5.91 Å². The standard InChI is InChI=1S/C19H19ClN2O4S2/c1-26-15-10-9-14(20)18-17(15)22-19(27-18)21-16(23)8-5-11-28(24,25)12-13-6-3-2-4-7-13/h2-4,6-7,9-10H,5,8,11-12H2,1H3,(H,21,22,23). The molecule has 28 heavy (non-hydrogen) atoms. The lowest BCUT2D eigenvalue weighted by Crippen LogP contribution is -2.15. The lowest BCUT2D eigenvalue weighted by atomic mass is 10.2. The molecule has 1 N–H and O–H groups in total. The van der Waals surface area contributed by atoms with Crippen molar-refractivity contribution in [1.29, 1.82) is 0 Å². The smallest absolute Gasteiger partial charge is 0.226 e. The minimum Gasteiger partial charge on any atom is -0.494 e. The van der Waals surface area contributed by atoms with Crippen molar-refractivity contribution in [2.24, 2.45) is 0 Å². The molecule has 2 aromatic carbocycles. The van der Waals surface area contributed by atoms with E-state index in [4.69, 9.17) is 16.3 Å². The summed E-state index contributed by atoms with van der Waals surface area (Å²) < 4.78 is 30.4. The van der Waals surface area contributed by atoms with E-state index in [1.165, 1.54) is 18.4 Å². The van der Waals surface area contributed by atoms with Crippen LogP contribution in [-0.4, -0.2) is 32.2 Å². The Hall–Kier alpha value is -2.16. The lowest BCUT2D eigenvalue weighted by Gasteiger charge is -2.05. The summed E-state index contributed by atoms with van der Waals surface area (Å²) in [5.41, 5.74) is 1.33. The monoisotopic (exact) mass is 438 g/mol. The minimum absolute atomic E-state index is 0.0222. The number of amides is 1. The largest absolute Gasteiger partial charge is 0.494 e. The molecule has 0 saturated heterocycles. The highest BCUT2D eigenvalue weighted by atomic mass is 35.5. The molecule has 0 fully saturated rings. The Labute approximate surface area is 172 Å². The van der Waals surface area contributed by atoms with Crippen molar-refractivity contribution < 1.29 is 17.9 Å². The SMILES string of the molecule is COc1ccc(Cl)c2sc(NC(=O)CCCS(=O)(=O)Cc3ccccc3)nc12. The van der Waals surface area contributed by atoms with Gasteiger partial charge in [0.05, 0.1) is 28.3 Å². The molecular formula is C19H19ClN2O4S2. The first kappa shape index (κ1) is 20.6. The van der Waals surface area contributed by atoms with Crippen LogP contribution in [0.4, 0.5) is 5.13 Å². The number of hydrogen-bond acceptors (Lipinski definition) is 6. The molecule has 0 spiro atoms. The van der Waals surface area contributed by atoms with E-state index in [0.717, 1.165) is 10.3 Å². The average molecular weight is 439 g/mol. The van der Waals surface area contributed by atoms with Crippen molar-refractivity contribution in [2.45, 2.75) is 18.6 Å². The summed E-state index contributed by atoms with van der Waals surface area (Å²) in [6, 6.07) is 12.4. The van der Waals surface area contributed by atoms with Gasteiger partial charge in [0, 0.05) is 6.42 Å². The third-order valence-corrected chi connectivity index (χ3v) is 7.13. The van der Waals surface area contributed by atoms with Crippen LogP contribution in [0.25, 0.3) is 10.2 Å². The van der Waals surface area contributed by atoms with E-state index in [2.05, 4.69) is 10.3 Å². The Morgan fingerprint density at radius 1 is 1.21 bits per heavy atom. The van der Waals surface area contributed by atoms with Crippen molar-refractivity contribution in [3.63, 3.8) is 0 Å². The summed E-state index contributed by atoms with van der Waals surface area (Å²) >= 11 is 7.42. The molecule has 148 valence electrons. The van der Waals surface area contributed by atoms with Gasteiger partial charge in [-0.05, 0) is 24.1 Å².